The van der Waals surface area contributed by atoms with Crippen molar-refractivity contribution >= 4 is 5.97 Å². The van der Waals surface area contributed by atoms with Gasteiger partial charge in [-0.2, -0.15) is 0 Å². The summed E-state index contributed by atoms with van der Waals surface area (Å²) < 4.78 is 10.7. The molecule has 0 saturated carbocycles. The molecular weight excluding hydrogens is 306 g/mol. The first-order valence-corrected chi connectivity index (χ1v) is 8.59. The van der Waals surface area contributed by atoms with Crippen molar-refractivity contribution in [1.82, 2.24) is 5.06 Å². The maximum Gasteiger partial charge on any atom is 0.330 e. The Bertz CT molecular complexity index is 530. The van der Waals surface area contributed by atoms with Gasteiger partial charge in [-0.25, -0.2) is 4.79 Å². The quantitative estimate of drug-likeness (QED) is 0.746. The molecule has 1 aliphatic rings. The van der Waals surface area contributed by atoms with Gasteiger partial charge in [0, 0.05) is 20.2 Å². The molecule has 24 heavy (non-hydrogen) atoms. The molecule has 1 aliphatic heterocycles. The molecule has 0 N–H and O–H groups in total. The summed E-state index contributed by atoms with van der Waals surface area (Å²) in [7, 11) is 1.67. The van der Waals surface area contributed by atoms with Crippen LogP contribution in [0.25, 0.3) is 0 Å². The third kappa shape index (κ3) is 5.49. The Morgan fingerprint density at radius 2 is 1.92 bits per heavy atom. The van der Waals surface area contributed by atoms with Crippen molar-refractivity contribution in [3.63, 3.8) is 0 Å². The molecule has 2 rings (SSSR count). The molecule has 5 heteroatoms. The van der Waals surface area contributed by atoms with E-state index in [1.807, 2.05) is 32.9 Å². The number of ether oxygens (including phenoxy) is 2. The lowest BCUT2D eigenvalue weighted by atomic mass is 9.90. The van der Waals surface area contributed by atoms with E-state index < -0.39 is 5.41 Å². The lowest BCUT2D eigenvalue weighted by molar-refractivity contribution is -0.204. The van der Waals surface area contributed by atoms with Gasteiger partial charge < -0.3 is 14.3 Å². The third-order valence-corrected chi connectivity index (χ3v) is 4.16. The molecule has 5 nitrogen and oxygen atoms in total. The predicted molar refractivity (Wildman–Crippen MR) is 92.9 cm³/mol. The van der Waals surface area contributed by atoms with Crippen LogP contribution in [0.15, 0.2) is 24.3 Å². The first kappa shape index (κ1) is 18.7. The second-order valence-corrected chi connectivity index (χ2v) is 7.25. The van der Waals surface area contributed by atoms with E-state index in [0.717, 1.165) is 31.7 Å². The fourth-order valence-electron chi connectivity index (χ4n) is 2.64. The van der Waals surface area contributed by atoms with Crippen molar-refractivity contribution in [2.24, 2.45) is 5.41 Å². The zero-order valence-corrected chi connectivity index (χ0v) is 15.2. The summed E-state index contributed by atoms with van der Waals surface area (Å²) in [6.07, 6.45) is 1.94. The van der Waals surface area contributed by atoms with E-state index in [1.165, 1.54) is 5.56 Å². The molecule has 1 aromatic carbocycles. The largest absolute Gasteiger partial charge is 0.491 e. The van der Waals surface area contributed by atoms with Crippen molar-refractivity contribution in [3.05, 3.63) is 29.8 Å². The summed E-state index contributed by atoms with van der Waals surface area (Å²) in [6.45, 7) is 8.29. The highest BCUT2D eigenvalue weighted by molar-refractivity contribution is 5.75. The van der Waals surface area contributed by atoms with Crippen LogP contribution in [-0.4, -0.2) is 44.4 Å². The Balaban J connectivity index is 1.86. The maximum atomic E-state index is 12.0. The fraction of sp³-hybridized carbons (Fsp3) is 0.632. The van der Waals surface area contributed by atoms with Crippen LogP contribution >= 0.6 is 0 Å². The van der Waals surface area contributed by atoms with Gasteiger partial charge >= 0.3 is 5.97 Å². The van der Waals surface area contributed by atoms with Crippen LogP contribution in [0.3, 0.4) is 0 Å². The number of hydroxylamine groups is 2. The molecule has 0 unspecified atom stereocenters. The first-order valence-electron chi connectivity index (χ1n) is 8.59. The van der Waals surface area contributed by atoms with Crippen LogP contribution in [-0.2, 0) is 14.4 Å². The molecule has 0 amide bonds. The molecule has 0 atom stereocenters. The summed E-state index contributed by atoms with van der Waals surface area (Å²) in [4.78, 5) is 17.4. The Kier molecular flexibility index (Phi) is 6.63. The zero-order valence-electron chi connectivity index (χ0n) is 15.2. The van der Waals surface area contributed by atoms with Crippen molar-refractivity contribution in [2.75, 3.05) is 33.4 Å². The molecule has 0 bridgehead atoms. The summed E-state index contributed by atoms with van der Waals surface area (Å²) in [6, 6.07) is 8.25. The molecule has 0 aromatic heterocycles. The number of hydrogen-bond donors (Lipinski definition) is 0. The topological polar surface area (TPSA) is 48.0 Å². The van der Waals surface area contributed by atoms with E-state index in [4.69, 9.17) is 14.3 Å². The monoisotopic (exact) mass is 335 g/mol. The van der Waals surface area contributed by atoms with Gasteiger partial charge in [0.15, 0.2) is 0 Å². The number of carbonyl (C=O) groups excluding carboxylic acids is 1. The predicted octanol–water partition coefficient (Wildman–Crippen LogP) is 3.40. The smallest absolute Gasteiger partial charge is 0.330 e. The molecule has 1 fully saturated rings. The van der Waals surface area contributed by atoms with Crippen LogP contribution in [0, 0.1) is 5.41 Å². The molecule has 134 valence electrons. The Morgan fingerprint density at radius 1 is 1.21 bits per heavy atom. The number of hydrogen-bond acceptors (Lipinski definition) is 5. The number of piperidine rings is 1. The lowest BCUT2D eigenvalue weighted by Gasteiger charge is -2.32. The number of benzene rings is 1. The van der Waals surface area contributed by atoms with E-state index in [-0.39, 0.29) is 5.97 Å². The number of methoxy groups -OCH3 is 1. The van der Waals surface area contributed by atoms with Crippen molar-refractivity contribution < 1.29 is 19.1 Å². The van der Waals surface area contributed by atoms with Gasteiger partial charge in [-0.05, 0) is 57.2 Å². The van der Waals surface area contributed by atoms with Crippen LogP contribution in [0.4, 0.5) is 0 Å². The van der Waals surface area contributed by atoms with Gasteiger partial charge in [-0.15, -0.1) is 5.06 Å². The van der Waals surface area contributed by atoms with Crippen LogP contribution < -0.4 is 4.74 Å². The molecule has 0 spiro atoms. The summed E-state index contributed by atoms with van der Waals surface area (Å²) in [5, 5.41) is 1.79. The minimum atomic E-state index is -0.468. The molecule has 1 saturated heterocycles. The van der Waals surface area contributed by atoms with Crippen molar-refractivity contribution in [3.8, 4) is 5.75 Å². The highest BCUT2D eigenvalue weighted by Crippen LogP contribution is 2.30. The SMILES string of the molecule is COCCOc1cccc(C2CCN(OC(=O)C(C)(C)C)CC2)c1. The van der Waals surface area contributed by atoms with Crippen molar-refractivity contribution in [2.45, 2.75) is 39.5 Å². The highest BCUT2D eigenvalue weighted by atomic mass is 16.7. The minimum absolute atomic E-state index is 0.172. The maximum absolute atomic E-state index is 12.0. The van der Waals surface area contributed by atoms with E-state index in [0.29, 0.717) is 19.1 Å². The third-order valence-electron chi connectivity index (χ3n) is 4.16. The summed E-state index contributed by atoms with van der Waals surface area (Å²) in [5.41, 5.74) is 0.816. The normalized spacial score (nSPS) is 16.8. The number of carbonyl (C=O) groups is 1. The van der Waals surface area contributed by atoms with Crippen molar-refractivity contribution in [1.29, 1.82) is 0 Å². The van der Waals surface area contributed by atoms with Crippen LogP contribution in [0.2, 0.25) is 0 Å². The van der Waals surface area contributed by atoms with Crippen LogP contribution in [0.1, 0.15) is 45.1 Å². The van der Waals surface area contributed by atoms with E-state index >= 15 is 0 Å². The fourth-order valence-corrected chi connectivity index (χ4v) is 2.64. The average Bonchev–Trinajstić information content (AvgIpc) is 2.55. The van der Waals surface area contributed by atoms with Gasteiger partial charge in [0.05, 0.1) is 12.0 Å². The molecule has 1 aromatic rings. The lowest BCUT2D eigenvalue weighted by Crippen LogP contribution is -2.38. The van der Waals surface area contributed by atoms with Gasteiger partial charge in [-0.1, -0.05) is 12.1 Å². The van der Waals surface area contributed by atoms with Gasteiger partial charge in [0.25, 0.3) is 0 Å². The average molecular weight is 335 g/mol. The molecule has 0 radical (unpaired) electrons. The molecular formula is C19H29NO4. The standard InChI is InChI=1S/C19H29NO4/c1-19(2,3)18(21)24-20-10-8-15(9-11-20)16-6-5-7-17(14-16)23-13-12-22-4/h5-7,14-15H,8-13H2,1-4H3. The highest BCUT2D eigenvalue weighted by Gasteiger charge is 2.28. The van der Waals surface area contributed by atoms with Gasteiger partial charge in [-0.3, -0.25) is 0 Å². The molecule has 0 aliphatic carbocycles. The first-order chi connectivity index (χ1) is 11.4. The summed E-state index contributed by atoms with van der Waals surface area (Å²) >= 11 is 0. The van der Waals surface area contributed by atoms with Gasteiger partial charge in [0.1, 0.15) is 12.4 Å². The molecule has 1 heterocycles. The zero-order chi connectivity index (χ0) is 17.6. The van der Waals surface area contributed by atoms with Gasteiger partial charge in [0.2, 0.25) is 0 Å². The number of rotatable bonds is 6. The summed E-state index contributed by atoms with van der Waals surface area (Å²) in [5.74, 6) is 1.18. The van der Waals surface area contributed by atoms with E-state index in [9.17, 15) is 4.79 Å². The second-order valence-electron chi connectivity index (χ2n) is 7.25. The Morgan fingerprint density at radius 3 is 2.54 bits per heavy atom. The Hall–Kier alpha value is -1.59. The van der Waals surface area contributed by atoms with Crippen LogP contribution in [0.5, 0.6) is 5.75 Å². The van der Waals surface area contributed by atoms with E-state index in [2.05, 4.69) is 12.1 Å². The Labute approximate surface area is 144 Å². The minimum Gasteiger partial charge on any atom is -0.491 e. The number of nitrogens with zero attached hydrogens (tertiary/aromatic N) is 1. The van der Waals surface area contributed by atoms with E-state index in [1.54, 1.807) is 12.2 Å². The second kappa shape index (κ2) is 8.49.